The summed E-state index contributed by atoms with van der Waals surface area (Å²) in [6.45, 7) is 5.63. The number of aryl methyl sites for hydroxylation is 2. The minimum Gasteiger partial charge on any atom is -0.490 e. The zero-order valence-corrected chi connectivity index (χ0v) is 13.6. The van der Waals surface area contributed by atoms with Crippen molar-refractivity contribution in [2.75, 3.05) is 13.2 Å². The molecule has 2 aromatic carbocycles. The van der Waals surface area contributed by atoms with Crippen LogP contribution in [0.3, 0.4) is 0 Å². The van der Waals surface area contributed by atoms with Crippen molar-refractivity contribution in [1.29, 1.82) is 0 Å². The van der Waals surface area contributed by atoms with Crippen LogP contribution in [0.25, 0.3) is 0 Å². The number of hydrogen-bond acceptors (Lipinski definition) is 4. The van der Waals surface area contributed by atoms with Gasteiger partial charge in [0.25, 0.3) is 0 Å². The lowest BCUT2D eigenvalue weighted by molar-refractivity contribution is -0.141. The van der Waals surface area contributed by atoms with Gasteiger partial charge in [-0.15, -0.1) is 0 Å². The fraction of sp³-hybridized carbons (Fsp3) is 0.263. The quantitative estimate of drug-likeness (QED) is 0.465. The highest BCUT2D eigenvalue weighted by Gasteiger charge is 2.14. The Labute approximate surface area is 136 Å². The monoisotopic (exact) mass is 312 g/mol. The van der Waals surface area contributed by atoms with Crippen molar-refractivity contribution in [3.05, 3.63) is 64.7 Å². The van der Waals surface area contributed by atoms with Gasteiger partial charge in [-0.3, -0.25) is 9.59 Å². The maximum atomic E-state index is 12.6. The molecule has 0 aliphatic heterocycles. The van der Waals surface area contributed by atoms with Gasteiger partial charge in [-0.2, -0.15) is 0 Å². The van der Waals surface area contributed by atoms with Gasteiger partial charge in [0.2, 0.25) is 0 Å². The Morgan fingerprint density at radius 3 is 2.30 bits per heavy atom. The molecule has 2 rings (SSSR count). The first kappa shape index (κ1) is 16.7. The molecule has 0 saturated carbocycles. The summed E-state index contributed by atoms with van der Waals surface area (Å²) in [7, 11) is 0. The maximum Gasteiger partial charge on any atom is 0.302 e. The van der Waals surface area contributed by atoms with E-state index < -0.39 is 0 Å². The van der Waals surface area contributed by atoms with Crippen molar-refractivity contribution in [3.8, 4) is 5.75 Å². The van der Waals surface area contributed by atoms with Crippen LogP contribution in [0.2, 0.25) is 0 Å². The Bertz CT molecular complexity index is 705. The first-order chi connectivity index (χ1) is 11.0. The van der Waals surface area contributed by atoms with Crippen LogP contribution in [-0.4, -0.2) is 25.0 Å². The number of benzene rings is 2. The molecule has 0 unspecified atom stereocenters. The van der Waals surface area contributed by atoms with Crippen molar-refractivity contribution in [2.45, 2.75) is 20.8 Å². The molecule has 0 fully saturated rings. The Morgan fingerprint density at radius 1 is 0.957 bits per heavy atom. The van der Waals surface area contributed by atoms with Crippen LogP contribution in [0.5, 0.6) is 5.75 Å². The molecule has 0 radical (unpaired) electrons. The molecule has 0 saturated heterocycles. The second kappa shape index (κ2) is 7.58. The van der Waals surface area contributed by atoms with E-state index in [2.05, 4.69) is 0 Å². The molecule has 23 heavy (non-hydrogen) atoms. The summed E-state index contributed by atoms with van der Waals surface area (Å²) in [6, 6.07) is 12.9. The molecule has 4 nitrogen and oxygen atoms in total. The van der Waals surface area contributed by atoms with Crippen LogP contribution in [-0.2, 0) is 9.53 Å². The van der Waals surface area contributed by atoms with E-state index in [0.717, 1.165) is 11.1 Å². The molecule has 0 aliphatic rings. The summed E-state index contributed by atoms with van der Waals surface area (Å²) < 4.78 is 10.5. The highest BCUT2D eigenvalue weighted by Crippen LogP contribution is 2.24. The molecule has 0 atom stereocenters. The minimum absolute atomic E-state index is 0.00216. The summed E-state index contributed by atoms with van der Waals surface area (Å²) in [5, 5.41) is 0. The average molecular weight is 312 g/mol. The van der Waals surface area contributed by atoms with Crippen LogP contribution in [0.15, 0.2) is 42.5 Å². The van der Waals surface area contributed by atoms with E-state index in [-0.39, 0.29) is 25.0 Å². The zero-order valence-electron chi connectivity index (χ0n) is 13.6. The van der Waals surface area contributed by atoms with E-state index in [4.69, 9.17) is 9.47 Å². The van der Waals surface area contributed by atoms with Gasteiger partial charge in [0.1, 0.15) is 19.0 Å². The summed E-state index contributed by atoms with van der Waals surface area (Å²) in [5.41, 5.74) is 3.06. The van der Waals surface area contributed by atoms with Crippen LogP contribution in [0.4, 0.5) is 0 Å². The number of carbonyl (C=O) groups excluding carboxylic acids is 2. The molecule has 0 aliphatic carbocycles. The molecule has 2 aromatic rings. The van der Waals surface area contributed by atoms with Crippen molar-refractivity contribution >= 4 is 11.8 Å². The zero-order chi connectivity index (χ0) is 16.8. The van der Waals surface area contributed by atoms with E-state index in [1.807, 2.05) is 44.2 Å². The van der Waals surface area contributed by atoms with Gasteiger partial charge in [0.05, 0.1) is 0 Å². The van der Waals surface area contributed by atoms with Gasteiger partial charge in [0.15, 0.2) is 5.78 Å². The van der Waals surface area contributed by atoms with Crippen molar-refractivity contribution in [2.24, 2.45) is 0 Å². The van der Waals surface area contributed by atoms with Crippen molar-refractivity contribution in [3.63, 3.8) is 0 Å². The van der Waals surface area contributed by atoms with E-state index >= 15 is 0 Å². The highest BCUT2D eigenvalue weighted by molar-refractivity contribution is 6.10. The minimum atomic E-state index is -0.328. The number of esters is 1. The predicted octanol–water partition coefficient (Wildman–Crippen LogP) is 3.48. The Kier molecular flexibility index (Phi) is 5.52. The second-order valence-electron chi connectivity index (χ2n) is 5.32. The lowest BCUT2D eigenvalue weighted by atomic mass is 9.97. The third kappa shape index (κ3) is 4.42. The molecule has 0 aromatic heterocycles. The molecule has 0 N–H and O–H groups in total. The largest absolute Gasteiger partial charge is 0.490 e. The standard InChI is InChI=1S/C19H20O4/c1-13-12-18(23-10-9-22-15(3)20)14(2)11-17(13)19(21)16-7-5-4-6-8-16/h4-8,11-12H,9-10H2,1-3H3. The number of ketones is 1. The lowest BCUT2D eigenvalue weighted by Gasteiger charge is -2.13. The smallest absolute Gasteiger partial charge is 0.302 e. The van der Waals surface area contributed by atoms with Gasteiger partial charge >= 0.3 is 5.97 Å². The van der Waals surface area contributed by atoms with E-state index in [0.29, 0.717) is 16.9 Å². The summed E-state index contributed by atoms with van der Waals surface area (Å²) >= 11 is 0. The van der Waals surface area contributed by atoms with Crippen LogP contribution >= 0.6 is 0 Å². The van der Waals surface area contributed by atoms with Crippen molar-refractivity contribution < 1.29 is 19.1 Å². The van der Waals surface area contributed by atoms with Gasteiger partial charge in [-0.25, -0.2) is 0 Å². The second-order valence-corrected chi connectivity index (χ2v) is 5.32. The van der Waals surface area contributed by atoms with Gasteiger partial charge in [-0.1, -0.05) is 30.3 Å². The SMILES string of the molecule is CC(=O)OCCOc1cc(C)c(C(=O)c2ccccc2)cc1C. The Balaban J connectivity index is 2.14. The number of rotatable bonds is 6. The molecular formula is C19H20O4. The van der Waals surface area contributed by atoms with Gasteiger partial charge in [0, 0.05) is 18.1 Å². The number of ether oxygens (including phenoxy) is 2. The fourth-order valence-electron chi connectivity index (χ4n) is 2.27. The average Bonchev–Trinajstić information content (AvgIpc) is 2.54. The summed E-state index contributed by atoms with van der Waals surface area (Å²) in [6.07, 6.45) is 0. The Morgan fingerprint density at radius 2 is 1.65 bits per heavy atom. The molecule has 0 heterocycles. The van der Waals surface area contributed by atoms with Crippen LogP contribution in [0, 0.1) is 13.8 Å². The lowest BCUT2D eigenvalue weighted by Crippen LogP contribution is -2.11. The van der Waals surface area contributed by atoms with E-state index in [1.54, 1.807) is 12.1 Å². The van der Waals surface area contributed by atoms with Crippen LogP contribution in [0.1, 0.15) is 34.0 Å². The molecule has 0 bridgehead atoms. The first-order valence-corrected chi connectivity index (χ1v) is 7.46. The molecule has 120 valence electrons. The number of carbonyl (C=O) groups is 2. The van der Waals surface area contributed by atoms with Crippen molar-refractivity contribution in [1.82, 2.24) is 0 Å². The Hall–Kier alpha value is -2.62. The predicted molar refractivity (Wildman–Crippen MR) is 87.9 cm³/mol. The molecular weight excluding hydrogens is 292 g/mol. The first-order valence-electron chi connectivity index (χ1n) is 7.46. The third-order valence-corrected chi connectivity index (χ3v) is 3.45. The highest BCUT2D eigenvalue weighted by atomic mass is 16.6. The van der Waals surface area contributed by atoms with Gasteiger partial charge in [-0.05, 0) is 37.1 Å². The molecule has 4 heteroatoms. The third-order valence-electron chi connectivity index (χ3n) is 3.45. The van der Waals surface area contributed by atoms with E-state index in [9.17, 15) is 9.59 Å². The van der Waals surface area contributed by atoms with Crippen LogP contribution < -0.4 is 4.74 Å². The van der Waals surface area contributed by atoms with Gasteiger partial charge < -0.3 is 9.47 Å². The van der Waals surface area contributed by atoms with E-state index in [1.165, 1.54) is 6.92 Å². The summed E-state index contributed by atoms with van der Waals surface area (Å²) in [4.78, 5) is 23.3. The fourth-order valence-corrected chi connectivity index (χ4v) is 2.27. The normalized spacial score (nSPS) is 10.2. The number of hydrogen-bond donors (Lipinski definition) is 0. The topological polar surface area (TPSA) is 52.6 Å². The molecule has 0 amide bonds. The maximum absolute atomic E-state index is 12.6. The summed E-state index contributed by atoms with van der Waals surface area (Å²) in [5.74, 6) is 0.363. The molecule has 0 spiro atoms.